The van der Waals surface area contributed by atoms with Gasteiger partial charge in [0.15, 0.2) is 0 Å². The molecule has 1 N–H and O–H groups in total. The summed E-state index contributed by atoms with van der Waals surface area (Å²) in [5.41, 5.74) is 8.21. The van der Waals surface area contributed by atoms with Crippen LogP contribution in [0.2, 0.25) is 0 Å². The number of hydrogen-bond acceptors (Lipinski definition) is 2. The highest BCUT2D eigenvalue weighted by Crippen LogP contribution is 2.41. The van der Waals surface area contributed by atoms with Crippen molar-refractivity contribution < 1.29 is 4.42 Å². The van der Waals surface area contributed by atoms with E-state index in [2.05, 4.69) is 108 Å². The van der Waals surface area contributed by atoms with E-state index in [1.165, 1.54) is 27.6 Å². The van der Waals surface area contributed by atoms with Crippen molar-refractivity contribution in [2.45, 2.75) is 12.3 Å². The third-order valence-corrected chi connectivity index (χ3v) is 6.25. The first kappa shape index (κ1) is 18.7. The first-order valence-corrected chi connectivity index (χ1v) is 11.1. The van der Waals surface area contributed by atoms with Crippen molar-refractivity contribution >= 4 is 28.4 Å². The van der Waals surface area contributed by atoms with Crippen molar-refractivity contribution in [2.75, 3.05) is 5.32 Å². The summed E-state index contributed by atoms with van der Waals surface area (Å²) in [5.74, 6) is 1.31. The lowest BCUT2D eigenvalue weighted by molar-refractivity contribution is 0.589. The Hall–Kier alpha value is -4.04. The number of anilines is 2. The minimum Gasteiger partial charge on any atom is -0.456 e. The maximum absolute atomic E-state index is 6.09. The minimum atomic E-state index is 0.317. The Balaban J connectivity index is 1.23. The molecule has 1 aliphatic carbocycles. The zero-order valence-electron chi connectivity index (χ0n) is 17.7. The second kappa shape index (κ2) is 7.90. The lowest BCUT2D eigenvalue weighted by Crippen LogP contribution is -2.04. The van der Waals surface area contributed by atoms with E-state index in [9.17, 15) is 0 Å². The highest BCUT2D eigenvalue weighted by molar-refractivity contribution is 5.86. The quantitative estimate of drug-likeness (QED) is 0.320. The lowest BCUT2D eigenvalue weighted by Gasteiger charge is -2.19. The maximum atomic E-state index is 6.09. The van der Waals surface area contributed by atoms with Crippen molar-refractivity contribution in [3.8, 4) is 11.1 Å². The van der Waals surface area contributed by atoms with Gasteiger partial charge in [-0.15, -0.1) is 0 Å². The monoisotopic (exact) mass is 413 g/mol. The molecule has 2 heteroatoms. The average molecular weight is 414 g/mol. The first-order valence-electron chi connectivity index (χ1n) is 11.1. The summed E-state index contributed by atoms with van der Waals surface area (Å²) in [7, 11) is 0. The fourth-order valence-corrected chi connectivity index (χ4v) is 4.64. The summed E-state index contributed by atoms with van der Waals surface area (Å²) < 4.78 is 6.09. The molecule has 0 radical (unpaired) electrons. The topological polar surface area (TPSA) is 25.2 Å². The molecule has 1 unspecified atom stereocenters. The SMILES string of the molecule is C1=Cc2oc3ccccc3c2C(c2ccc(Nc3ccc(-c4ccccc4)cc3)cc2)C1. The zero-order chi connectivity index (χ0) is 21.3. The van der Waals surface area contributed by atoms with Gasteiger partial charge in [0.25, 0.3) is 0 Å². The molecule has 1 atom stereocenters. The lowest BCUT2D eigenvalue weighted by atomic mass is 9.84. The Morgan fingerprint density at radius 2 is 1.31 bits per heavy atom. The van der Waals surface area contributed by atoms with Crippen LogP contribution in [0.25, 0.3) is 28.2 Å². The fourth-order valence-electron chi connectivity index (χ4n) is 4.64. The van der Waals surface area contributed by atoms with E-state index in [0.717, 1.165) is 29.1 Å². The molecule has 6 rings (SSSR count). The van der Waals surface area contributed by atoms with E-state index >= 15 is 0 Å². The molecule has 1 aliphatic rings. The highest BCUT2D eigenvalue weighted by Gasteiger charge is 2.24. The predicted molar refractivity (Wildman–Crippen MR) is 133 cm³/mol. The van der Waals surface area contributed by atoms with Crippen LogP contribution in [0.4, 0.5) is 11.4 Å². The predicted octanol–water partition coefficient (Wildman–Crippen LogP) is 8.39. The molecule has 0 saturated heterocycles. The number of benzene rings is 4. The van der Waals surface area contributed by atoms with Gasteiger partial charge in [0.2, 0.25) is 0 Å². The third kappa shape index (κ3) is 3.40. The molecule has 32 heavy (non-hydrogen) atoms. The molecule has 2 nitrogen and oxygen atoms in total. The molecule has 0 spiro atoms. The number of furan rings is 1. The molecule has 0 amide bonds. The summed E-state index contributed by atoms with van der Waals surface area (Å²) in [5, 5.41) is 4.74. The number of fused-ring (bicyclic) bond motifs is 3. The number of allylic oxidation sites excluding steroid dienone is 1. The molecule has 0 saturated carbocycles. The van der Waals surface area contributed by atoms with Crippen molar-refractivity contribution in [2.24, 2.45) is 0 Å². The van der Waals surface area contributed by atoms with Crippen LogP contribution in [-0.2, 0) is 0 Å². The van der Waals surface area contributed by atoms with E-state index in [1.54, 1.807) is 0 Å². The van der Waals surface area contributed by atoms with Gasteiger partial charge in [-0.2, -0.15) is 0 Å². The molecule has 0 aliphatic heterocycles. The Morgan fingerprint density at radius 1 is 0.656 bits per heavy atom. The second-order valence-corrected chi connectivity index (χ2v) is 8.26. The summed E-state index contributed by atoms with van der Waals surface area (Å²) in [6, 6.07) is 36.2. The van der Waals surface area contributed by atoms with E-state index < -0.39 is 0 Å². The molecular weight excluding hydrogens is 390 g/mol. The van der Waals surface area contributed by atoms with Gasteiger partial charge in [-0.05, 0) is 59.5 Å². The van der Waals surface area contributed by atoms with E-state index in [-0.39, 0.29) is 0 Å². The smallest absolute Gasteiger partial charge is 0.135 e. The minimum absolute atomic E-state index is 0.317. The first-order chi connectivity index (χ1) is 15.8. The molecule has 0 fully saturated rings. The van der Waals surface area contributed by atoms with Crippen LogP contribution in [0, 0.1) is 0 Å². The van der Waals surface area contributed by atoms with Crippen LogP contribution in [-0.4, -0.2) is 0 Å². The largest absolute Gasteiger partial charge is 0.456 e. The van der Waals surface area contributed by atoms with E-state index in [4.69, 9.17) is 4.42 Å². The summed E-state index contributed by atoms with van der Waals surface area (Å²) in [4.78, 5) is 0. The summed E-state index contributed by atoms with van der Waals surface area (Å²) in [6.07, 6.45) is 5.32. The van der Waals surface area contributed by atoms with Crippen molar-refractivity contribution in [3.05, 3.63) is 126 Å². The Morgan fingerprint density at radius 3 is 2.09 bits per heavy atom. The van der Waals surface area contributed by atoms with Gasteiger partial charge >= 0.3 is 0 Å². The fraction of sp³-hybridized carbons (Fsp3) is 0.0667. The van der Waals surface area contributed by atoms with Crippen LogP contribution in [0.15, 0.2) is 114 Å². The Kier molecular flexibility index (Phi) is 4.62. The zero-order valence-corrected chi connectivity index (χ0v) is 17.7. The van der Waals surface area contributed by atoms with Crippen molar-refractivity contribution in [3.63, 3.8) is 0 Å². The molecule has 4 aromatic carbocycles. The molecule has 1 aromatic heterocycles. The maximum Gasteiger partial charge on any atom is 0.135 e. The number of rotatable bonds is 4. The van der Waals surface area contributed by atoms with Crippen LogP contribution in [0.5, 0.6) is 0 Å². The Bertz CT molecular complexity index is 1390. The average Bonchev–Trinajstić information content (AvgIpc) is 3.25. The van der Waals surface area contributed by atoms with Crippen LogP contribution in [0.3, 0.4) is 0 Å². The standard InChI is InChI=1S/C30H23NO/c1-2-7-21(8-3-1)22-13-17-24(18-14-22)31-25-19-15-23(16-20-25)26-10-6-12-29-30(26)27-9-4-5-11-28(27)32-29/h1-9,11-20,26,31H,10H2. The summed E-state index contributed by atoms with van der Waals surface area (Å²) in [6.45, 7) is 0. The van der Waals surface area contributed by atoms with Gasteiger partial charge in [-0.1, -0.05) is 78.9 Å². The molecule has 154 valence electrons. The van der Waals surface area contributed by atoms with Crippen molar-refractivity contribution in [1.29, 1.82) is 0 Å². The van der Waals surface area contributed by atoms with Gasteiger partial charge in [-0.25, -0.2) is 0 Å². The van der Waals surface area contributed by atoms with Crippen LogP contribution >= 0.6 is 0 Å². The highest BCUT2D eigenvalue weighted by atomic mass is 16.3. The summed E-state index contributed by atoms with van der Waals surface area (Å²) >= 11 is 0. The third-order valence-electron chi connectivity index (χ3n) is 6.25. The van der Waals surface area contributed by atoms with E-state index in [1.807, 2.05) is 12.1 Å². The molecule has 1 heterocycles. The molecule has 5 aromatic rings. The van der Waals surface area contributed by atoms with Gasteiger partial charge in [0.1, 0.15) is 11.3 Å². The van der Waals surface area contributed by atoms with Crippen LogP contribution < -0.4 is 5.32 Å². The normalized spacial score (nSPS) is 14.9. The van der Waals surface area contributed by atoms with E-state index in [0.29, 0.717) is 5.92 Å². The molecule has 0 bridgehead atoms. The van der Waals surface area contributed by atoms with Gasteiger partial charge in [-0.3, -0.25) is 0 Å². The van der Waals surface area contributed by atoms with Crippen LogP contribution in [0.1, 0.15) is 29.2 Å². The second-order valence-electron chi connectivity index (χ2n) is 8.26. The van der Waals surface area contributed by atoms with Crippen molar-refractivity contribution in [1.82, 2.24) is 0 Å². The number of nitrogens with one attached hydrogen (secondary N) is 1. The van der Waals surface area contributed by atoms with Gasteiger partial charge in [0.05, 0.1) is 0 Å². The number of para-hydroxylation sites is 1. The molecular formula is C30H23NO. The number of hydrogen-bond donors (Lipinski definition) is 1. The van der Waals surface area contributed by atoms with Gasteiger partial charge in [0, 0.05) is 28.2 Å². The van der Waals surface area contributed by atoms with Gasteiger partial charge < -0.3 is 9.73 Å². The Labute approximate surface area is 187 Å².